The van der Waals surface area contributed by atoms with Crippen LogP contribution in [0.4, 0.5) is 5.82 Å². The van der Waals surface area contributed by atoms with Crippen molar-refractivity contribution in [2.45, 2.75) is 45.7 Å². The fraction of sp³-hybridized carbons (Fsp3) is 0.727. The van der Waals surface area contributed by atoms with Gasteiger partial charge in [0.25, 0.3) is 0 Å². The Morgan fingerprint density at radius 3 is 2.93 bits per heavy atom. The predicted octanol–water partition coefficient (Wildman–Crippen LogP) is 2.50. The average molecular weight is 193 g/mol. The summed E-state index contributed by atoms with van der Waals surface area (Å²) in [5, 5.41) is 7.83. The molecule has 1 aromatic heterocycles. The maximum absolute atomic E-state index is 4.25. The van der Waals surface area contributed by atoms with E-state index >= 15 is 0 Å². The molecule has 0 bridgehead atoms. The molecular weight excluding hydrogens is 174 g/mol. The van der Waals surface area contributed by atoms with Gasteiger partial charge in [0.05, 0.1) is 6.20 Å². The molecule has 0 saturated heterocycles. The molecular formula is C11H19N3. The van der Waals surface area contributed by atoms with Gasteiger partial charge in [0.2, 0.25) is 0 Å². The van der Waals surface area contributed by atoms with Crippen molar-refractivity contribution in [3.05, 3.63) is 12.3 Å². The number of anilines is 1. The maximum Gasteiger partial charge on any atom is 0.124 e. The highest BCUT2D eigenvalue weighted by molar-refractivity contribution is 5.36. The summed E-state index contributed by atoms with van der Waals surface area (Å²) < 4.78 is 2.02. The maximum atomic E-state index is 4.25. The smallest absolute Gasteiger partial charge is 0.124 e. The molecule has 1 N–H and O–H groups in total. The average Bonchev–Trinajstić information content (AvgIpc) is 2.60. The van der Waals surface area contributed by atoms with Crippen LogP contribution in [-0.4, -0.2) is 15.8 Å². The first-order valence-corrected chi connectivity index (χ1v) is 5.63. The van der Waals surface area contributed by atoms with E-state index in [1.54, 1.807) is 0 Å². The summed E-state index contributed by atoms with van der Waals surface area (Å²) in [6.07, 6.45) is 5.85. The van der Waals surface area contributed by atoms with E-state index in [0.29, 0.717) is 6.04 Å². The van der Waals surface area contributed by atoms with Crippen LogP contribution in [0, 0.1) is 5.92 Å². The van der Waals surface area contributed by atoms with Crippen molar-refractivity contribution >= 4 is 5.82 Å². The van der Waals surface area contributed by atoms with Crippen LogP contribution in [-0.2, 0) is 6.54 Å². The monoisotopic (exact) mass is 193 g/mol. The van der Waals surface area contributed by atoms with Gasteiger partial charge in [0, 0.05) is 18.7 Å². The van der Waals surface area contributed by atoms with Gasteiger partial charge in [0.1, 0.15) is 5.82 Å². The molecule has 0 amide bonds. The summed E-state index contributed by atoms with van der Waals surface area (Å²) in [4.78, 5) is 0. The van der Waals surface area contributed by atoms with Crippen LogP contribution in [0.5, 0.6) is 0 Å². The predicted molar refractivity (Wildman–Crippen MR) is 58.3 cm³/mol. The third-order valence-electron chi connectivity index (χ3n) is 3.29. The molecule has 1 aliphatic carbocycles. The van der Waals surface area contributed by atoms with Crippen molar-refractivity contribution in [1.82, 2.24) is 9.78 Å². The van der Waals surface area contributed by atoms with Gasteiger partial charge in [0.15, 0.2) is 0 Å². The molecule has 0 radical (unpaired) electrons. The number of aromatic nitrogens is 2. The van der Waals surface area contributed by atoms with Gasteiger partial charge < -0.3 is 5.32 Å². The fourth-order valence-electron chi connectivity index (χ4n) is 2.14. The van der Waals surface area contributed by atoms with Crippen LogP contribution in [0.3, 0.4) is 0 Å². The quantitative estimate of drug-likeness (QED) is 0.796. The molecule has 2 atom stereocenters. The van der Waals surface area contributed by atoms with E-state index < -0.39 is 0 Å². The summed E-state index contributed by atoms with van der Waals surface area (Å²) in [6.45, 7) is 5.34. The van der Waals surface area contributed by atoms with E-state index in [0.717, 1.165) is 12.5 Å². The second-order valence-corrected chi connectivity index (χ2v) is 4.03. The molecule has 1 heterocycles. The van der Waals surface area contributed by atoms with Crippen LogP contribution in [0.1, 0.15) is 33.1 Å². The molecule has 14 heavy (non-hydrogen) atoms. The Labute approximate surface area is 85.5 Å². The highest BCUT2D eigenvalue weighted by atomic mass is 15.3. The van der Waals surface area contributed by atoms with Crippen molar-refractivity contribution < 1.29 is 0 Å². The molecule has 0 aliphatic heterocycles. The first-order chi connectivity index (χ1) is 6.85. The molecule has 78 valence electrons. The van der Waals surface area contributed by atoms with Crippen molar-refractivity contribution in [3.8, 4) is 0 Å². The molecule has 3 heteroatoms. The van der Waals surface area contributed by atoms with Crippen molar-refractivity contribution in [3.63, 3.8) is 0 Å². The molecule has 1 saturated carbocycles. The topological polar surface area (TPSA) is 29.9 Å². The second-order valence-electron chi connectivity index (χ2n) is 4.03. The highest BCUT2D eigenvalue weighted by Crippen LogP contribution is 2.32. The molecule has 1 aromatic rings. The van der Waals surface area contributed by atoms with E-state index in [1.165, 1.54) is 25.1 Å². The third kappa shape index (κ3) is 1.63. The Morgan fingerprint density at radius 2 is 2.36 bits per heavy atom. The van der Waals surface area contributed by atoms with Gasteiger partial charge in [-0.05, 0) is 25.7 Å². The molecule has 1 aliphatic rings. The van der Waals surface area contributed by atoms with E-state index in [4.69, 9.17) is 0 Å². The largest absolute Gasteiger partial charge is 0.367 e. The van der Waals surface area contributed by atoms with Crippen LogP contribution in [0.25, 0.3) is 0 Å². The van der Waals surface area contributed by atoms with E-state index in [2.05, 4.69) is 30.3 Å². The lowest BCUT2D eigenvalue weighted by Crippen LogP contribution is -2.38. The van der Waals surface area contributed by atoms with Crippen molar-refractivity contribution in [1.29, 1.82) is 0 Å². The van der Waals surface area contributed by atoms with E-state index in [9.17, 15) is 0 Å². The molecule has 1 fully saturated rings. The Bertz CT molecular complexity index is 290. The van der Waals surface area contributed by atoms with Crippen LogP contribution >= 0.6 is 0 Å². The first kappa shape index (κ1) is 9.56. The molecule has 2 rings (SSSR count). The van der Waals surface area contributed by atoms with Crippen LogP contribution < -0.4 is 5.32 Å². The molecule has 3 nitrogen and oxygen atoms in total. The number of rotatable bonds is 4. The Hall–Kier alpha value is -0.990. The standard InChI is InChI=1S/C11H19N3/c1-3-9-5-6-10(9)13-11-7-8-12-14(11)4-2/h7-10,13H,3-6H2,1-2H3. The van der Waals surface area contributed by atoms with Gasteiger partial charge in [-0.15, -0.1) is 0 Å². The fourth-order valence-corrected chi connectivity index (χ4v) is 2.14. The zero-order chi connectivity index (χ0) is 9.97. The summed E-state index contributed by atoms with van der Waals surface area (Å²) in [7, 11) is 0. The Kier molecular flexibility index (Phi) is 2.75. The second kappa shape index (κ2) is 4.03. The molecule has 0 aromatic carbocycles. The zero-order valence-electron chi connectivity index (χ0n) is 9.03. The number of nitrogens with zero attached hydrogens (tertiary/aromatic N) is 2. The minimum atomic E-state index is 0.682. The number of nitrogens with one attached hydrogen (secondary N) is 1. The first-order valence-electron chi connectivity index (χ1n) is 5.63. The van der Waals surface area contributed by atoms with Gasteiger partial charge in [-0.1, -0.05) is 13.3 Å². The molecule has 2 unspecified atom stereocenters. The zero-order valence-corrected chi connectivity index (χ0v) is 9.03. The van der Waals surface area contributed by atoms with E-state index in [1.807, 2.05) is 10.9 Å². The van der Waals surface area contributed by atoms with E-state index in [-0.39, 0.29) is 0 Å². The lowest BCUT2D eigenvalue weighted by molar-refractivity contribution is 0.267. The Balaban J connectivity index is 1.97. The van der Waals surface area contributed by atoms with Gasteiger partial charge >= 0.3 is 0 Å². The van der Waals surface area contributed by atoms with Crippen molar-refractivity contribution in [2.75, 3.05) is 5.32 Å². The third-order valence-corrected chi connectivity index (χ3v) is 3.29. The summed E-state index contributed by atoms with van der Waals surface area (Å²) in [6, 6.07) is 2.75. The summed E-state index contributed by atoms with van der Waals surface area (Å²) >= 11 is 0. The SMILES string of the molecule is CCC1CCC1Nc1ccnn1CC. The lowest BCUT2D eigenvalue weighted by Gasteiger charge is -2.37. The van der Waals surface area contributed by atoms with Gasteiger partial charge in [-0.3, -0.25) is 4.68 Å². The molecule has 0 spiro atoms. The minimum Gasteiger partial charge on any atom is -0.367 e. The Morgan fingerprint density at radius 1 is 1.50 bits per heavy atom. The number of hydrogen-bond acceptors (Lipinski definition) is 2. The van der Waals surface area contributed by atoms with Gasteiger partial charge in [-0.2, -0.15) is 5.10 Å². The summed E-state index contributed by atoms with van der Waals surface area (Å²) in [5.41, 5.74) is 0. The van der Waals surface area contributed by atoms with Crippen molar-refractivity contribution in [2.24, 2.45) is 5.92 Å². The highest BCUT2D eigenvalue weighted by Gasteiger charge is 2.29. The van der Waals surface area contributed by atoms with Crippen LogP contribution in [0.15, 0.2) is 12.3 Å². The minimum absolute atomic E-state index is 0.682. The normalized spacial score (nSPS) is 25.9. The van der Waals surface area contributed by atoms with Crippen LogP contribution in [0.2, 0.25) is 0 Å². The number of aryl methyl sites for hydroxylation is 1. The lowest BCUT2D eigenvalue weighted by atomic mass is 9.78. The number of hydrogen-bond donors (Lipinski definition) is 1. The summed E-state index contributed by atoms with van der Waals surface area (Å²) in [5.74, 6) is 2.05. The van der Waals surface area contributed by atoms with Gasteiger partial charge in [-0.25, -0.2) is 0 Å².